The van der Waals surface area contributed by atoms with Crippen LogP contribution in [0, 0.1) is 17.1 Å². The number of alkyl halides is 3. The SMILES string of the molecule is N#Cc1c(SCC(=O)Nc2ccc(F)c(Cl)c2)nc2c(c1C(F)(F)F)CCC2. The highest BCUT2D eigenvalue weighted by atomic mass is 35.5. The molecule has 0 radical (unpaired) electrons. The third kappa shape index (κ3) is 4.23. The van der Waals surface area contributed by atoms with Crippen LogP contribution in [-0.4, -0.2) is 16.6 Å². The monoisotopic (exact) mass is 429 g/mol. The molecule has 0 aliphatic heterocycles. The summed E-state index contributed by atoms with van der Waals surface area (Å²) in [7, 11) is 0. The molecule has 1 heterocycles. The molecule has 1 aromatic carbocycles. The Hall–Kier alpha value is -2.31. The molecule has 1 aromatic heterocycles. The van der Waals surface area contributed by atoms with Crippen LogP contribution in [0.3, 0.4) is 0 Å². The van der Waals surface area contributed by atoms with E-state index in [-0.39, 0.29) is 33.5 Å². The smallest absolute Gasteiger partial charge is 0.325 e. The van der Waals surface area contributed by atoms with Crippen LogP contribution in [0.5, 0.6) is 0 Å². The summed E-state index contributed by atoms with van der Waals surface area (Å²) in [4.78, 5) is 16.3. The van der Waals surface area contributed by atoms with Crippen molar-refractivity contribution in [2.75, 3.05) is 11.1 Å². The van der Waals surface area contributed by atoms with Crippen LogP contribution in [-0.2, 0) is 23.8 Å². The average molecular weight is 430 g/mol. The fraction of sp³-hybridized carbons (Fsp3) is 0.278. The fourth-order valence-electron chi connectivity index (χ4n) is 2.98. The van der Waals surface area contributed by atoms with Crippen molar-refractivity contribution in [3.8, 4) is 6.07 Å². The lowest BCUT2D eigenvalue weighted by Gasteiger charge is -2.16. The predicted octanol–water partition coefficient (Wildman–Crippen LogP) is 4.98. The minimum atomic E-state index is -4.68. The number of nitrogens with zero attached hydrogens (tertiary/aromatic N) is 2. The summed E-state index contributed by atoms with van der Waals surface area (Å²) < 4.78 is 53.7. The number of fused-ring (bicyclic) bond motifs is 1. The number of hydrogen-bond acceptors (Lipinski definition) is 4. The molecule has 3 rings (SSSR count). The standard InChI is InChI=1S/C18H12ClF4N3OS/c19-12-6-9(4-5-13(12)20)25-15(27)8-28-17-11(7-24)16(18(21,22)23)10-2-1-3-14(10)26-17/h4-6H,1-3,8H2,(H,25,27). The minimum Gasteiger partial charge on any atom is -0.325 e. The minimum absolute atomic E-state index is 0.0683. The van der Waals surface area contributed by atoms with Crippen molar-refractivity contribution < 1.29 is 22.4 Å². The van der Waals surface area contributed by atoms with Crippen LogP contribution in [0.2, 0.25) is 5.02 Å². The van der Waals surface area contributed by atoms with Crippen molar-refractivity contribution in [1.29, 1.82) is 5.26 Å². The van der Waals surface area contributed by atoms with Crippen LogP contribution in [0.1, 0.15) is 28.8 Å². The van der Waals surface area contributed by atoms with Crippen molar-refractivity contribution in [2.24, 2.45) is 0 Å². The van der Waals surface area contributed by atoms with Gasteiger partial charge in [0.2, 0.25) is 5.91 Å². The second-order valence-electron chi connectivity index (χ2n) is 6.02. The van der Waals surface area contributed by atoms with Gasteiger partial charge in [-0.2, -0.15) is 18.4 Å². The number of carbonyl (C=O) groups excluding carboxylic acids is 1. The van der Waals surface area contributed by atoms with Gasteiger partial charge in [-0.05, 0) is 43.0 Å². The fourth-order valence-corrected chi connectivity index (χ4v) is 3.97. The van der Waals surface area contributed by atoms with E-state index in [2.05, 4.69) is 10.3 Å². The van der Waals surface area contributed by atoms with E-state index in [4.69, 9.17) is 11.6 Å². The number of pyridine rings is 1. The zero-order valence-electron chi connectivity index (χ0n) is 14.2. The van der Waals surface area contributed by atoms with Gasteiger partial charge in [-0.1, -0.05) is 23.4 Å². The molecule has 0 saturated carbocycles. The molecule has 28 heavy (non-hydrogen) atoms. The molecular weight excluding hydrogens is 418 g/mol. The van der Waals surface area contributed by atoms with Crippen molar-refractivity contribution in [2.45, 2.75) is 30.5 Å². The average Bonchev–Trinajstić information content (AvgIpc) is 3.08. The van der Waals surface area contributed by atoms with Crippen LogP contribution in [0.4, 0.5) is 23.2 Å². The van der Waals surface area contributed by atoms with Crippen molar-refractivity contribution in [3.05, 3.63) is 51.4 Å². The molecule has 10 heteroatoms. The van der Waals surface area contributed by atoms with E-state index in [1.807, 2.05) is 0 Å². The number of halogens is 5. The van der Waals surface area contributed by atoms with Crippen LogP contribution in [0.25, 0.3) is 0 Å². The molecule has 0 unspecified atom stereocenters. The first-order valence-corrected chi connectivity index (χ1v) is 9.47. The number of nitriles is 1. The number of benzene rings is 1. The highest BCUT2D eigenvalue weighted by molar-refractivity contribution is 8.00. The quantitative estimate of drug-likeness (QED) is 0.549. The van der Waals surface area contributed by atoms with Gasteiger partial charge < -0.3 is 5.32 Å². The second kappa shape index (κ2) is 7.97. The normalized spacial score (nSPS) is 13.1. The van der Waals surface area contributed by atoms with E-state index in [1.165, 1.54) is 12.1 Å². The molecule has 1 amide bonds. The van der Waals surface area contributed by atoms with Gasteiger partial charge in [0.25, 0.3) is 0 Å². The van der Waals surface area contributed by atoms with Gasteiger partial charge in [0, 0.05) is 11.4 Å². The molecule has 2 aromatic rings. The molecule has 1 N–H and O–H groups in total. The first-order valence-electron chi connectivity index (χ1n) is 8.11. The Kier molecular flexibility index (Phi) is 5.82. The summed E-state index contributed by atoms with van der Waals surface area (Å²) >= 11 is 6.39. The maximum absolute atomic E-state index is 13.5. The Balaban J connectivity index is 1.82. The summed E-state index contributed by atoms with van der Waals surface area (Å²) in [5.41, 5.74) is -0.879. The lowest BCUT2D eigenvalue weighted by molar-refractivity contribution is -0.138. The lowest BCUT2D eigenvalue weighted by atomic mass is 10.0. The van der Waals surface area contributed by atoms with E-state index in [0.29, 0.717) is 18.5 Å². The molecular formula is C18H12ClF4N3OS. The zero-order chi connectivity index (χ0) is 20.5. The topological polar surface area (TPSA) is 65.8 Å². The van der Waals surface area contributed by atoms with Crippen LogP contribution < -0.4 is 5.32 Å². The lowest BCUT2D eigenvalue weighted by Crippen LogP contribution is -2.16. The largest absolute Gasteiger partial charge is 0.418 e. The van der Waals surface area contributed by atoms with Crippen LogP contribution >= 0.6 is 23.4 Å². The van der Waals surface area contributed by atoms with E-state index in [9.17, 15) is 27.6 Å². The summed E-state index contributed by atoms with van der Waals surface area (Å²) in [5.74, 6) is -1.46. The Labute approximate surface area is 166 Å². The number of rotatable bonds is 4. The Morgan fingerprint density at radius 3 is 2.75 bits per heavy atom. The predicted molar refractivity (Wildman–Crippen MR) is 96.7 cm³/mol. The zero-order valence-corrected chi connectivity index (χ0v) is 15.7. The van der Waals surface area contributed by atoms with Crippen molar-refractivity contribution >= 4 is 35.0 Å². The molecule has 0 spiro atoms. The second-order valence-corrected chi connectivity index (χ2v) is 7.39. The van der Waals surface area contributed by atoms with E-state index in [1.54, 1.807) is 6.07 Å². The van der Waals surface area contributed by atoms with Gasteiger partial charge >= 0.3 is 6.18 Å². The molecule has 0 fully saturated rings. The summed E-state index contributed by atoms with van der Waals surface area (Å²) in [6.07, 6.45) is -3.51. The van der Waals surface area contributed by atoms with E-state index < -0.39 is 29.0 Å². The van der Waals surface area contributed by atoms with Gasteiger partial charge in [-0.25, -0.2) is 9.37 Å². The molecule has 146 valence electrons. The molecule has 4 nitrogen and oxygen atoms in total. The summed E-state index contributed by atoms with van der Waals surface area (Å²) in [6, 6.07) is 5.20. The number of aryl methyl sites for hydroxylation is 1. The van der Waals surface area contributed by atoms with Crippen molar-refractivity contribution in [3.63, 3.8) is 0 Å². The summed E-state index contributed by atoms with van der Waals surface area (Å²) in [6.45, 7) is 0. The molecule has 1 aliphatic rings. The van der Waals surface area contributed by atoms with Gasteiger partial charge in [0.05, 0.1) is 21.9 Å². The van der Waals surface area contributed by atoms with E-state index in [0.717, 1.165) is 17.8 Å². The number of amides is 1. The Morgan fingerprint density at radius 2 is 2.11 bits per heavy atom. The highest BCUT2D eigenvalue weighted by Crippen LogP contribution is 2.41. The number of hydrogen-bond donors (Lipinski definition) is 1. The number of aromatic nitrogens is 1. The number of nitrogens with one attached hydrogen (secondary N) is 1. The maximum atomic E-state index is 13.5. The molecule has 0 atom stereocenters. The molecule has 1 aliphatic carbocycles. The third-order valence-electron chi connectivity index (χ3n) is 4.13. The number of anilines is 1. The van der Waals surface area contributed by atoms with E-state index >= 15 is 0 Å². The third-order valence-corrected chi connectivity index (χ3v) is 5.39. The molecule has 0 saturated heterocycles. The first-order chi connectivity index (χ1) is 13.2. The van der Waals surface area contributed by atoms with Gasteiger partial charge in [-0.15, -0.1) is 0 Å². The summed E-state index contributed by atoms with van der Waals surface area (Å²) in [5, 5.41) is 11.5. The maximum Gasteiger partial charge on any atom is 0.418 e. The van der Waals surface area contributed by atoms with Gasteiger partial charge in [0.15, 0.2) is 0 Å². The number of thioether (sulfide) groups is 1. The molecule has 0 bridgehead atoms. The number of carbonyl (C=O) groups is 1. The van der Waals surface area contributed by atoms with Gasteiger partial charge in [0.1, 0.15) is 16.9 Å². The Bertz CT molecular complexity index is 988. The van der Waals surface area contributed by atoms with Gasteiger partial charge in [-0.3, -0.25) is 4.79 Å². The Morgan fingerprint density at radius 1 is 1.36 bits per heavy atom. The first kappa shape index (κ1) is 20.4. The highest BCUT2D eigenvalue weighted by Gasteiger charge is 2.40. The van der Waals surface area contributed by atoms with Crippen molar-refractivity contribution in [1.82, 2.24) is 4.98 Å². The van der Waals surface area contributed by atoms with Crippen LogP contribution in [0.15, 0.2) is 23.2 Å².